The molecule has 1 amide bonds. The normalized spacial score (nSPS) is 18.6. The molecule has 19 heavy (non-hydrogen) atoms. The van der Waals surface area contributed by atoms with Crippen molar-refractivity contribution in [3.05, 3.63) is 34.4 Å². The Morgan fingerprint density at radius 3 is 2.68 bits per heavy atom. The minimum Gasteiger partial charge on any atom is -0.376 e. The molecule has 1 fully saturated rings. The first kappa shape index (κ1) is 14.1. The second-order valence-electron chi connectivity index (χ2n) is 5.48. The van der Waals surface area contributed by atoms with Crippen LogP contribution in [0.1, 0.15) is 35.1 Å². The van der Waals surface area contributed by atoms with Gasteiger partial charge in [-0.05, 0) is 55.9 Å². The van der Waals surface area contributed by atoms with Crippen molar-refractivity contribution in [1.29, 1.82) is 0 Å². The van der Waals surface area contributed by atoms with Crippen LogP contribution < -0.4 is 5.32 Å². The van der Waals surface area contributed by atoms with Gasteiger partial charge in [-0.2, -0.15) is 0 Å². The van der Waals surface area contributed by atoms with E-state index in [4.69, 9.17) is 4.74 Å². The van der Waals surface area contributed by atoms with Crippen molar-refractivity contribution in [2.24, 2.45) is 0 Å². The van der Waals surface area contributed by atoms with Crippen LogP contribution in [-0.2, 0) is 16.0 Å². The Bertz CT molecular complexity index is 462. The largest absolute Gasteiger partial charge is 0.376 e. The Hall–Kier alpha value is -1.35. The maximum Gasteiger partial charge on any atom is 0.224 e. The highest BCUT2D eigenvalue weighted by atomic mass is 16.5. The third-order valence-electron chi connectivity index (χ3n) is 3.85. The summed E-state index contributed by atoms with van der Waals surface area (Å²) in [5.41, 5.74) is 4.83. The van der Waals surface area contributed by atoms with Gasteiger partial charge in [0.25, 0.3) is 0 Å². The summed E-state index contributed by atoms with van der Waals surface area (Å²) in [6, 6.07) is 4.27. The lowest BCUT2D eigenvalue weighted by Crippen LogP contribution is -2.32. The topological polar surface area (TPSA) is 38.3 Å². The van der Waals surface area contributed by atoms with Gasteiger partial charge in [0.1, 0.15) is 0 Å². The molecule has 104 valence electrons. The van der Waals surface area contributed by atoms with E-state index in [1.165, 1.54) is 16.7 Å². The molecular weight excluding hydrogens is 238 g/mol. The zero-order valence-corrected chi connectivity index (χ0v) is 12.1. The number of hydrogen-bond donors (Lipinski definition) is 1. The van der Waals surface area contributed by atoms with Crippen molar-refractivity contribution in [1.82, 2.24) is 5.32 Å². The van der Waals surface area contributed by atoms with Crippen LogP contribution in [0.15, 0.2) is 12.1 Å². The first-order valence-corrected chi connectivity index (χ1v) is 7.01. The zero-order chi connectivity index (χ0) is 13.8. The molecule has 3 nitrogen and oxygen atoms in total. The van der Waals surface area contributed by atoms with Crippen LogP contribution in [0.2, 0.25) is 0 Å². The summed E-state index contributed by atoms with van der Waals surface area (Å²) in [5, 5.41) is 2.97. The lowest BCUT2D eigenvalue weighted by Gasteiger charge is -2.12. The average molecular weight is 261 g/mol. The molecular formula is C16H23NO2. The SMILES string of the molecule is Cc1cc(C)c(CC(=O)NCC2CCCO2)cc1C. The maximum atomic E-state index is 12.0. The molecule has 1 atom stereocenters. The number of carbonyl (C=O) groups is 1. The molecule has 3 heteroatoms. The summed E-state index contributed by atoms with van der Waals surface area (Å²) < 4.78 is 5.50. The Kier molecular flexibility index (Phi) is 4.59. The summed E-state index contributed by atoms with van der Waals surface area (Å²) in [4.78, 5) is 12.0. The van der Waals surface area contributed by atoms with Gasteiger partial charge in [0.2, 0.25) is 5.91 Å². The number of aryl methyl sites for hydroxylation is 3. The van der Waals surface area contributed by atoms with Gasteiger partial charge in [-0.25, -0.2) is 0 Å². The Balaban J connectivity index is 1.89. The Labute approximate surface area is 115 Å². The van der Waals surface area contributed by atoms with E-state index in [1.54, 1.807) is 0 Å². The minimum absolute atomic E-state index is 0.0850. The lowest BCUT2D eigenvalue weighted by molar-refractivity contribution is -0.120. The third kappa shape index (κ3) is 3.80. The van der Waals surface area contributed by atoms with Crippen LogP contribution in [0.25, 0.3) is 0 Å². The molecule has 2 rings (SSSR count). The van der Waals surface area contributed by atoms with Gasteiger partial charge < -0.3 is 10.1 Å². The van der Waals surface area contributed by atoms with Gasteiger partial charge in [-0.15, -0.1) is 0 Å². The molecule has 0 bridgehead atoms. The van der Waals surface area contributed by atoms with Crippen molar-refractivity contribution in [3.8, 4) is 0 Å². The number of nitrogens with one attached hydrogen (secondary N) is 1. The van der Waals surface area contributed by atoms with E-state index in [2.05, 4.69) is 38.2 Å². The van der Waals surface area contributed by atoms with Crippen LogP contribution in [0.3, 0.4) is 0 Å². The van der Waals surface area contributed by atoms with E-state index >= 15 is 0 Å². The van der Waals surface area contributed by atoms with Crippen LogP contribution in [0, 0.1) is 20.8 Å². The molecule has 0 radical (unpaired) electrons. The van der Waals surface area contributed by atoms with Crippen molar-refractivity contribution < 1.29 is 9.53 Å². The lowest BCUT2D eigenvalue weighted by atomic mass is 9.98. The van der Waals surface area contributed by atoms with Gasteiger partial charge >= 0.3 is 0 Å². The smallest absolute Gasteiger partial charge is 0.224 e. The molecule has 0 aromatic heterocycles. The number of ether oxygens (including phenoxy) is 1. The molecule has 0 aliphatic carbocycles. The molecule has 1 aromatic rings. The number of hydrogen-bond acceptors (Lipinski definition) is 2. The van der Waals surface area contributed by atoms with Gasteiger partial charge in [-0.3, -0.25) is 4.79 Å². The standard InChI is InChI=1S/C16H23NO2/c1-11-7-13(3)14(8-12(11)2)9-16(18)17-10-15-5-4-6-19-15/h7-8,15H,4-6,9-10H2,1-3H3,(H,17,18). The van der Waals surface area contributed by atoms with E-state index in [0.29, 0.717) is 13.0 Å². The molecule has 1 aromatic carbocycles. The van der Waals surface area contributed by atoms with E-state index in [0.717, 1.165) is 25.0 Å². The van der Waals surface area contributed by atoms with Gasteiger partial charge in [0.15, 0.2) is 0 Å². The summed E-state index contributed by atoms with van der Waals surface area (Å²) in [6.45, 7) is 7.72. The van der Waals surface area contributed by atoms with Crippen LogP contribution >= 0.6 is 0 Å². The van der Waals surface area contributed by atoms with E-state index in [1.807, 2.05) is 0 Å². The molecule has 1 heterocycles. The molecule has 0 spiro atoms. The van der Waals surface area contributed by atoms with Crippen molar-refractivity contribution in [2.75, 3.05) is 13.2 Å². The van der Waals surface area contributed by atoms with Crippen molar-refractivity contribution in [3.63, 3.8) is 0 Å². The zero-order valence-electron chi connectivity index (χ0n) is 12.1. The predicted octanol–water partition coefficient (Wildman–Crippen LogP) is 2.45. The molecule has 1 aliphatic rings. The molecule has 1 N–H and O–H groups in total. The first-order valence-electron chi connectivity index (χ1n) is 7.01. The number of amides is 1. The third-order valence-corrected chi connectivity index (χ3v) is 3.85. The summed E-state index contributed by atoms with van der Waals surface area (Å²) in [5.74, 6) is 0.0850. The van der Waals surface area contributed by atoms with E-state index in [-0.39, 0.29) is 12.0 Å². The van der Waals surface area contributed by atoms with Gasteiger partial charge in [0.05, 0.1) is 12.5 Å². The number of carbonyl (C=O) groups excluding carboxylic acids is 1. The fourth-order valence-electron chi connectivity index (χ4n) is 2.48. The average Bonchev–Trinajstić information content (AvgIpc) is 2.86. The van der Waals surface area contributed by atoms with Crippen molar-refractivity contribution in [2.45, 2.75) is 46.1 Å². The Morgan fingerprint density at radius 2 is 2.00 bits per heavy atom. The van der Waals surface area contributed by atoms with Crippen LogP contribution in [0.4, 0.5) is 0 Å². The second kappa shape index (κ2) is 6.20. The van der Waals surface area contributed by atoms with Crippen molar-refractivity contribution >= 4 is 5.91 Å². The second-order valence-corrected chi connectivity index (χ2v) is 5.48. The quantitative estimate of drug-likeness (QED) is 0.904. The predicted molar refractivity (Wildman–Crippen MR) is 76.3 cm³/mol. The fraction of sp³-hybridized carbons (Fsp3) is 0.562. The minimum atomic E-state index is 0.0850. The summed E-state index contributed by atoms with van der Waals surface area (Å²) in [6.07, 6.45) is 2.84. The van der Waals surface area contributed by atoms with E-state index in [9.17, 15) is 4.79 Å². The maximum absolute atomic E-state index is 12.0. The molecule has 0 saturated carbocycles. The summed E-state index contributed by atoms with van der Waals surface area (Å²) in [7, 11) is 0. The monoisotopic (exact) mass is 261 g/mol. The molecule has 1 aliphatic heterocycles. The van der Waals surface area contributed by atoms with Gasteiger partial charge in [-0.1, -0.05) is 12.1 Å². The highest BCUT2D eigenvalue weighted by molar-refractivity contribution is 5.79. The summed E-state index contributed by atoms with van der Waals surface area (Å²) >= 11 is 0. The highest BCUT2D eigenvalue weighted by Gasteiger charge is 2.16. The number of rotatable bonds is 4. The Morgan fingerprint density at radius 1 is 1.26 bits per heavy atom. The number of benzene rings is 1. The fourth-order valence-corrected chi connectivity index (χ4v) is 2.48. The van der Waals surface area contributed by atoms with E-state index < -0.39 is 0 Å². The van der Waals surface area contributed by atoms with Gasteiger partial charge in [0, 0.05) is 13.2 Å². The van der Waals surface area contributed by atoms with Crippen LogP contribution in [-0.4, -0.2) is 25.2 Å². The molecule has 1 saturated heterocycles. The van der Waals surface area contributed by atoms with Crippen LogP contribution in [0.5, 0.6) is 0 Å². The highest BCUT2D eigenvalue weighted by Crippen LogP contribution is 2.16. The molecule has 1 unspecified atom stereocenters. The first-order chi connectivity index (χ1) is 9.06.